The summed E-state index contributed by atoms with van der Waals surface area (Å²) < 4.78 is 0. The van der Waals surface area contributed by atoms with Crippen LogP contribution in [0.3, 0.4) is 0 Å². The van der Waals surface area contributed by atoms with Gasteiger partial charge in [0.1, 0.15) is 0 Å². The first kappa shape index (κ1) is 38.6. The summed E-state index contributed by atoms with van der Waals surface area (Å²) in [6.07, 6.45) is 10.6. The maximum absolute atomic E-state index is 2.72. The summed E-state index contributed by atoms with van der Waals surface area (Å²) in [5.74, 6) is 3.42. The molecular weight excluding hydrogens is 759 g/mol. The molecule has 0 saturated heterocycles. The van der Waals surface area contributed by atoms with Crippen LogP contribution in [-0.4, -0.2) is 0 Å². The molecule has 0 radical (unpaired) electrons. The van der Waals surface area contributed by atoms with Crippen molar-refractivity contribution in [2.45, 2.75) is 134 Å². The predicted molar refractivity (Wildman–Crippen MR) is 264 cm³/mol. The van der Waals surface area contributed by atoms with Crippen molar-refractivity contribution < 1.29 is 0 Å². The summed E-state index contributed by atoms with van der Waals surface area (Å²) in [5.41, 5.74) is 22.6. The summed E-state index contributed by atoms with van der Waals surface area (Å²) in [4.78, 5) is 2.71. The average molecular weight is 824 g/mol. The average Bonchev–Trinajstić information content (AvgIpc) is 3.91. The Morgan fingerprint density at radius 3 is 1.48 bits per heavy atom. The summed E-state index contributed by atoms with van der Waals surface area (Å²) in [5, 5.41) is 0. The van der Waals surface area contributed by atoms with Crippen LogP contribution in [0.15, 0.2) is 127 Å². The van der Waals surface area contributed by atoms with Crippen molar-refractivity contribution in [2.24, 2.45) is 29.1 Å². The maximum atomic E-state index is 2.72. The topological polar surface area (TPSA) is 3.24 Å². The molecule has 0 heterocycles. The molecule has 4 saturated carbocycles. The van der Waals surface area contributed by atoms with Gasteiger partial charge in [-0.1, -0.05) is 159 Å². The van der Waals surface area contributed by atoms with Gasteiger partial charge < -0.3 is 4.90 Å². The number of para-hydroxylation sites is 2. The molecule has 2 spiro atoms. The van der Waals surface area contributed by atoms with E-state index in [0.717, 1.165) is 23.7 Å². The van der Waals surface area contributed by atoms with E-state index in [0.29, 0.717) is 5.41 Å². The third-order valence-corrected chi connectivity index (χ3v) is 19.4. The summed E-state index contributed by atoms with van der Waals surface area (Å²) in [7, 11) is 0. The van der Waals surface area contributed by atoms with Gasteiger partial charge in [0.15, 0.2) is 0 Å². The second kappa shape index (κ2) is 12.5. The van der Waals surface area contributed by atoms with Crippen LogP contribution >= 0.6 is 0 Å². The Balaban J connectivity index is 1.08. The van der Waals surface area contributed by atoms with Gasteiger partial charge >= 0.3 is 0 Å². The van der Waals surface area contributed by atoms with Crippen molar-refractivity contribution in [1.82, 2.24) is 0 Å². The second-order valence-corrected chi connectivity index (χ2v) is 24.2. The third-order valence-electron chi connectivity index (χ3n) is 19.4. The predicted octanol–water partition coefficient (Wildman–Crippen LogP) is 16.5. The molecule has 2 bridgehead atoms. The minimum atomic E-state index is 0.0615. The molecule has 0 aliphatic heterocycles. The molecule has 0 amide bonds. The standard InChI is InChI=1S/C62H65N/c1-57(2)29-31-59(5,6)55-45(20-15-23-48(55)57)43-18-10-13-25-51(43)63(52-26-14-11-19-44(52)46-21-16-24-49-56(46)60(7,8)32-30-58(49,3)4)40-27-28-42-41-17-9-12-22-47(41)62(50(42)36-40)53-34-38-33-39-35-54(62)61(39,53)37-38/h9-28,36,38-39,53-54H,29-35,37H2,1-8H3. The molecule has 63 heavy (non-hydrogen) atoms. The van der Waals surface area contributed by atoms with Crippen LogP contribution in [0.1, 0.15) is 140 Å². The highest BCUT2D eigenvalue weighted by molar-refractivity contribution is 5.96. The Bertz CT molecular complexity index is 2800. The Morgan fingerprint density at radius 2 is 0.889 bits per heavy atom. The van der Waals surface area contributed by atoms with Gasteiger partial charge in [0.25, 0.3) is 0 Å². The van der Waals surface area contributed by atoms with Gasteiger partial charge in [-0.25, -0.2) is 0 Å². The second-order valence-electron chi connectivity index (χ2n) is 24.2. The van der Waals surface area contributed by atoms with Crippen LogP contribution in [0, 0.1) is 29.1 Å². The molecule has 7 aliphatic rings. The SMILES string of the molecule is CC1(C)CCC(C)(C)c2c(-c3ccccc3N(c3ccc4c(c3)C3(c5ccccc5-4)C4CC5CC6CC3C64C5)c3ccccc3-c3cccc4c3C(C)(C)CCC4(C)C)cccc21. The van der Waals surface area contributed by atoms with E-state index in [1.165, 1.54) is 124 Å². The highest BCUT2D eigenvalue weighted by Crippen LogP contribution is 2.89. The van der Waals surface area contributed by atoms with Gasteiger partial charge in [0, 0.05) is 22.2 Å². The molecule has 6 atom stereocenters. The minimum Gasteiger partial charge on any atom is -0.309 e. The van der Waals surface area contributed by atoms with Crippen LogP contribution in [0.4, 0.5) is 17.1 Å². The van der Waals surface area contributed by atoms with Crippen molar-refractivity contribution >= 4 is 17.1 Å². The molecular formula is C62H65N. The van der Waals surface area contributed by atoms with Crippen molar-refractivity contribution in [1.29, 1.82) is 0 Å². The lowest BCUT2D eigenvalue weighted by Crippen LogP contribution is -2.73. The van der Waals surface area contributed by atoms with Crippen molar-refractivity contribution in [3.63, 3.8) is 0 Å². The van der Waals surface area contributed by atoms with E-state index in [-0.39, 0.29) is 27.1 Å². The van der Waals surface area contributed by atoms with Gasteiger partial charge in [0.2, 0.25) is 0 Å². The Hall–Kier alpha value is -4.88. The smallest absolute Gasteiger partial charge is 0.0540 e. The monoisotopic (exact) mass is 824 g/mol. The molecule has 1 heteroatoms. The van der Waals surface area contributed by atoms with Gasteiger partial charge in [-0.2, -0.15) is 0 Å². The van der Waals surface area contributed by atoms with Crippen LogP contribution in [0.2, 0.25) is 0 Å². The lowest BCUT2D eigenvalue weighted by Gasteiger charge is -2.76. The van der Waals surface area contributed by atoms with Gasteiger partial charge in [-0.3, -0.25) is 0 Å². The van der Waals surface area contributed by atoms with Crippen molar-refractivity contribution in [3.8, 4) is 33.4 Å². The molecule has 6 aromatic rings. The van der Waals surface area contributed by atoms with E-state index in [1.54, 1.807) is 11.1 Å². The Kier molecular flexibility index (Phi) is 7.63. The molecule has 318 valence electrons. The van der Waals surface area contributed by atoms with Crippen LogP contribution in [0.25, 0.3) is 33.4 Å². The molecule has 4 fully saturated rings. The van der Waals surface area contributed by atoms with Crippen LogP contribution in [-0.2, 0) is 27.1 Å². The van der Waals surface area contributed by atoms with E-state index >= 15 is 0 Å². The zero-order chi connectivity index (χ0) is 43.1. The van der Waals surface area contributed by atoms with Crippen molar-refractivity contribution in [2.75, 3.05) is 4.90 Å². The number of anilines is 3. The fraction of sp³-hybridized carbons (Fsp3) is 0.419. The first-order valence-electron chi connectivity index (χ1n) is 24.7. The zero-order valence-corrected chi connectivity index (χ0v) is 39.0. The van der Waals surface area contributed by atoms with E-state index < -0.39 is 0 Å². The number of hydrogen-bond acceptors (Lipinski definition) is 1. The summed E-state index contributed by atoms with van der Waals surface area (Å²) in [6.45, 7) is 19.8. The normalized spacial score (nSPS) is 29.7. The Labute approximate surface area is 377 Å². The van der Waals surface area contributed by atoms with Gasteiger partial charge in [-0.05, 0) is 182 Å². The fourth-order valence-corrected chi connectivity index (χ4v) is 16.6. The molecule has 0 aromatic heterocycles. The van der Waals surface area contributed by atoms with E-state index in [1.807, 2.05) is 0 Å². The largest absolute Gasteiger partial charge is 0.309 e. The van der Waals surface area contributed by atoms with E-state index in [4.69, 9.17) is 0 Å². The zero-order valence-electron chi connectivity index (χ0n) is 39.0. The number of hydrogen-bond donors (Lipinski definition) is 0. The lowest BCUT2D eigenvalue weighted by molar-refractivity contribution is -0.231. The van der Waals surface area contributed by atoms with Gasteiger partial charge in [-0.15, -0.1) is 0 Å². The minimum absolute atomic E-state index is 0.0615. The fourth-order valence-electron chi connectivity index (χ4n) is 16.6. The highest BCUT2D eigenvalue weighted by Gasteiger charge is 2.84. The summed E-state index contributed by atoms with van der Waals surface area (Å²) >= 11 is 0. The van der Waals surface area contributed by atoms with Crippen molar-refractivity contribution in [3.05, 3.63) is 161 Å². The Morgan fingerprint density at radius 1 is 0.413 bits per heavy atom. The molecule has 6 unspecified atom stereocenters. The lowest BCUT2D eigenvalue weighted by atomic mass is 9.27. The molecule has 0 N–H and O–H groups in total. The first-order valence-corrected chi connectivity index (χ1v) is 24.7. The molecule has 1 nitrogen and oxygen atoms in total. The van der Waals surface area contributed by atoms with Gasteiger partial charge in [0.05, 0.1) is 11.4 Å². The highest BCUT2D eigenvalue weighted by atomic mass is 15.1. The first-order chi connectivity index (χ1) is 30.2. The van der Waals surface area contributed by atoms with Crippen LogP contribution < -0.4 is 4.90 Å². The maximum Gasteiger partial charge on any atom is 0.0540 e. The molecule has 6 aromatic carbocycles. The van der Waals surface area contributed by atoms with E-state index in [9.17, 15) is 0 Å². The molecule has 7 aliphatic carbocycles. The number of benzene rings is 6. The van der Waals surface area contributed by atoms with Crippen LogP contribution in [0.5, 0.6) is 0 Å². The number of fused-ring (bicyclic) bond motifs is 10. The number of nitrogens with zero attached hydrogens (tertiary/aromatic N) is 1. The third kappa shape index (κ3) is 4.80. The number of rotatable bonds is 5. The summed E-state index contributed by atoms with van der Waals surface area (Å²) in [6, 6.07) is 50.7. The quantitative estimate of drug-likeness (QED) is 0.167. The van der Waals surface area contributed by atoms with E-state index in [2.05, 4.69) is 188 Å². The molecule has 13 rings (SSSR count).